The Labute approximate surface area is 103 Å². The van der Waals surface area contributed by atoms with Crippen molar-refractivity contribution in [2.45, 2.75) is 31.9 Å². The van der Waals surface area contributed by atoms with E-state index in [9.17, 15) is 0 Å². The van der Waals surface area contributed by atoms with Gasteiger partial charge in [0.1, 0.15) is 0 Å². The average Bonchev–Trinajstić information content (AvgIpc) is 2.38. The number of aryl methyl sites for hydroxylation is 1. The van der Waals surface area contributed by atoms with Crippen molar-refractivity contribution in [3.63, 3.8) is 0 Å². The van der Waals surface area contributed by atoms with Crippen LogP contribution in [0.5, 0.6) is 0 Å². The highest BCUT2D eigenvalue weighted by molar-refractivity contribution is 5.28. The Kier molecular flexibility index (Phi) is 4.54. The van der Waals surface area contributed by atoms with Crippen LogP contribution < -0.4 is 5.73 Å². The molecular formula is C14H21NO2. The molecule has 0 radical (unpaired) electrons. The molecule has 1 heterocycles. The van der Waals surface area contributed by atoms with Crippen molar-refractivity contribution in [3.8, 4) is 0 Å². The van der Waals surface area contributed by atoms with E-state index in [0.717, 1.165) is 26.1 Å². The van der Waals surface area contributed by atoms with Gasteiger partial charge in [0, 0.05) is 13.2 Å². The zero-order chi connectivity index (χ0) is 12.1. The fourth-order valence-corrected chi connectivity index (χ4v) is 2.17. The maximum absolute atomic E-state index is 6.16. The largest absolute Gasteiger partial charge is 0.381 e. The highest BCUT2D eigenvalue weighted by Crippen LogP contribution is 2.18. The molecule has 0 aromatic heterocycles. The van der Waals surface area contributed by atoms with Crippen LogP contribution in [-0.2, 0) is 9.47 Å². The number of rotatable bonds is 4. The molecule has 1 aliphatic rings. The van der Waals surface area contributed by atoms with E-state index in [1.165, 1.54) is 11.1 Å². The minimum absolute atomic E-state index is 0.0287. The zero-order valence-electron chi connectivity index (χ0n) is 10.4. The molecule has 1 aliphatic heterocycles. The van der Waals surface area contributed by atoms with Crippen molar-refractivity contribution in [3.05, 3.63) is 35.4 Å². The van der Waals surface area contributed by atoms with E-state index >= 15 is 0 Å². The molecule has 1 saturated heterocycles. The summed E-state index contributed by atoms with van der Waals surface area (Å²) >= 11 is 0. The molecule has 94 valence electrons. The first-order valence-electron chi connectivity index (χ1n) is 6.28. The van der Waals surface area contributed by atoms with Crippen LogP contribution in [0.1, 0.15) is 30.0 Å². The minimum Gasteiger partial charge on any atom is -0.381 e. The SMILES string of the molecule is Cc1ccccc1C(N)COC1CCOCC1. The molecular weight excluding hydrogens is 214 g/mol. The number of ether oxygens (including phenoxy) is 2. The number of benzene rings is 1. The van der Waals surface area contributed by atoms with Crippen LogP contribution in [-0.4, -0.2) is 25.9 Å². The second-order valence-corrected chi connectivity index (χ2v) is 4.61. The molecule has 0 spiro atoms. The first kappa shape index (κ1) is 12.6. The van der Waals surface area contributed by atoms with Crippen molar-refractivity contribution in [1.29, 1.82) is 0 Å². The van der Waals surface area contributed by atoms with Crippen molar-refractivity contribution in [1.82, 2.24) is 0 Å². The minimum atomic E-state index is -0.0287. The Bertz CT molecular complexity index is 348. The summed E-state index contributed by atoms with van der Waals surface area (Å²) in [7, 11) is 0. The topological polar surface area (TPSA) is 44.5 Å². The van der Waals surface area contributed by atoms with Gasteiger partial charge in [0.05, 0.1) is 18.8 Å². The predicted octanol–water partition coefficient (Wildman–Crippen LogP) is 2.19. The van der Waals surface area contributed by atoms with E-state index in [0.29, 0.717) is 12.7 Å². The van der Waals surface area contributed by atoms with Gasteiger partial charge in [0.15, 0.2) is 0 Å². The summed E-state index contributed by atoms with van der Waals surface area (Å²) in [6.45, 7) is 4.30. The molecule has 0 amide bonds. The lowest BCUT2D eigenvalue weighted by atomic mass is 10.0. The number of nitrogens with two attached hydrogens (primary N) is 1. The third-order valence-corrected chi connectivity index (χ3v) is 3.27. The molecule has 1 fully saturated rings. The molecule has 1 unspecified atom stereocenters. The highest BCUT2D eigenvalue weighted by atomic mass is 16.5. The molecule has 3 nitrogen and oxygen atoms in total. The number of hydrogen-bond donors (Lipinski definition) is 1. The van der Waals surface area contributed by atoms with E-state index in [4.69, 9.17) is 15.2 Å². The molecule has 1 aromatic carbocycles. The molecule has 2 rings (SSSR count). The van der Waals surface area contributed by atoms with Crippen molar-refractivity contribution < 1.29 is 9.47 Å². The van der Waals surface area contributed by atoms with Crippen molar-refractivity contribution in [2.75, 3.05) is 19.8 Å². The Morgan fingerprint density at radius 3 is 2.76 bits per heavy atom. The molecule has 1 aromatic rings. The second kappa shape index (κ2) is 6.15. The van der Waals surface area contributed by atoms with E-state index in [2.05, 4.69) is 19.1 Å². The molecule has 0 bridgehead atoms. The maximum Gasteiger partial charge on any atom is 0.0663 e. The monoisotopic (exact) mass is 235 g/mol. The first-order chi connectivity index (χ1) is 8.27. The molecule has 0 saturated carbocycles. The van der Waals surface area contributed by atoms with Crippen LogP contribution >= 0.6 is 0 Å². The third kappa shape index (κ3) is 3.53. The smallest absolute Gasteiger partial charge is 0.0663 e. The molecule has 17 heavy (non-hydrogen) atoms. The van der Waals surface area contributed by atoms with Gasteiger partial charge in [-0.25, -0.2) is 0 Å². The number of hydrogen-bond acceptors (Lipinski definition) is 3. The second-order valence-electron chi connectivity index (χ2n) is 4.61. The Balaban J connectivity index is 1.84. The van der Waals surface area contributed by atoms with Gasteiger partial charge in [-0.1, -0.05) is 24.3 Å². The van der Waals surface area contributed by atoms with Gasteiger partial charge in [-0.3, -0.25) is 0 Å². The summed E-state index contributed by atoms with van der Waals surface area (Å²) in [6.07, 6.45) is 2.29. The Morgan fingerprint density at radius 2 is 2.06 bits per heavy atom. The average molecular weight is 235 g/mol. The van der Waals surface area contributed by atoms with Gasteiger partial charge >= 0.3 is 0 Å². The fraction of sp³-hybridized carbons (Fsp3) is 0.571. The van der Waals surface area contributed by atoms with Crippen molar-refractivity contribution >= 4 is 0 Å². The maximum atomic E-state index is 6.16. The summed E-state index contributed by atoms with van der Waals surface area (Å²) in [4.78, 5) is 0. The van der Waals surface area contributed by atoms with Crippen LogP contribution in [0, 0.1) is 6.92 Å². The quantitative estimate of drug-likeness (QED) is 0.870. The molecule has 1 atom stereocenters. The third-order valence-electron chi connectivity index (χ3n) is 3.27. The first-order valence-corrected chi connectivity index (χ1v) is 6.28. The molecule has 2 N–H and O–H groups in total. The highest BCUT2D eigenvalue weighted by Gasteiger charge is 2.16. The Morgan fingerprint density at radius 1 is 1.35 bits per heavy atom. The van der Waals surface area contributed by atoms with Gasteiger partial charge in [-0.05, 0) is 30.9 Å². The van der Waals surface area contributed by atoms with Crippen LogP contribution in [0.2, 0.25) is 0 Å². The van der Waals surface area contributed by atoms with Gasteiger partial charge < -0.3 is 15.2 Å². The van der Waals surface area contributed by atoms with E-state index in [1.54, 1.807) is 0 Å². The van der Waals surface area contributed by atoms with Gasteiger partial charge in [-0.15, -0.1) is 0 Å². The van der Waals surface area contributed by atoms with Crippen LogP contribution in [0.25, 0.3) is 0 Å². The summed E-state index contributed by atoms with van der Waals surface area (Å²) in [6, 6.07) is 8.19. The lowest BCUT2D eigenvalue weighted by molar-refractivity contribution is -0.0358. The summed E-state index contributed by atoms with van der Waals surface area (Å²) in [5.41, 5.74) is 8.57. The molecule has 3 heteroatoms. The lowest BCUT2D eigenvalue weighted by Crippen LogP contribution is -2.27. The molecule has 0 aliphatic carbocycles. The standard InChI is InChI=1S/C14H21NO2/c1-11-4-2-3-5-13(11)14(15)10-17-12-6-8-16-9-7-12/h2-5,12,14H,6-10,15H2,1H3. The normalized spacial score (nSPS) is 19.2. The van der Waals surface area contributed by atoms with E-state index in [-0.39, 0.29) is 6.04 Å². The van der Waals surface area contributed by atoms with Crippen LogP contribution in [0.15, 0.2) is 24.3 Å². The summed E-state index contributed by atoms with van der Waals surface area (Å²) in [5, 5.41) is 0. The van der Waals surface area contributed by atoms with Gasteiger partial charge in [0.25, 0.3) is 0 Å². The van der Waals surface area contributed by atoms with Gasteiger partial charge in [-0.2, -0.15) is 0 Å². The Hall–Kier alpha value is -0.900. The summed E-state index contributed by atoms with van der Waals surface area (Å²) in [5.74, 6) is 0. The zero-order valence-corrected chi connectivity index (χ0v) is 10.4. The van der Waals surface area contributed by atoms with E-state index < -0.39 is 0 Å². The van der Waals surface area contributed by atoms with Crippen LogP contribution in [0.4, 0.5) is 0 Å². The lowest BCUT2D eigenvalue weighted by Gasteiger charge is -2.24. The van der Waals surface area contributed by atoms with Crippen LogP contribution in [0.3, 0.4) is 0 Å². The van der Waals surface area contributed by atoms with E-state index in [1.807, 2.05) is 12.1 Å². The predicted molar refractivity (Wildman–Crippen MR) is 67.9 cm³/mol. The summed E-state index contributed by atoms with van der Waals surface area (Å²) < 4.78 is 11.1. The van der Waals surface area contributed by atoms with Gasteiger partial charge in [0.2, 0.25) is 0 Å². The van der Waals surface area contributed by atoms with Crippen molar-refractivity contribution in [2.24, 2.45) is 5.73 Å². The fourth-order valence-electron chi connectivity index (χ4n) is 2.17.